The Bertz CT molecular complexity index is 512. The van der Waals surface area contributed by atoms with Crippen molar-refractivity contribution in [1.29, 1.82) is 0 Å². The van der Waals surface area contributed by atoms with E-state index in [1.54, 1.807) is 0 Å². The van der Waals surface area contributed by atoms with Crippen LogP contribution in [0.15, 0.2) is 24.3 Å². The first-order chi connectivity index (χ1) is 9.60. The van der Waals surface area contributed by atoms with Gasteiger partial charge < -0.3 is 20.9 Å². The maximum Gasteiger partial charge on any atom is 0.240 e. The lowest BCUT2D eigenvalue weighted by molar-refractivity contribution is -0.131. The first kappa shape index (κ1) is 13.5. The van der Waals surface area contributed by atoms with E-state index in [-0.39, 0.29) is 11.9 Å². The second-order valence-electron chi connectivity index (χ2n) is 5.69. The number of aliphatic hydroxyl groups is 1. The van der Waals surface area contributed by atoms with Crippen LogP contribution in [0.2, 0.25) is 0 Å². The van der Waals surface area contributed by atoms with Crippen LogP contribution in [0.1, 0.15) is 30.0 Å². The Kier molecular flexibility index (Phi) is 3.50. The van der Waals surface area contributed by atoms with Crippen LogP contribution in [0.4, 0.5) is 0 Å². The van der Waals surface area contributed by atoms with Crippen molar-refractivity contribution in [3.63, 3.8) is 0 Å². The molecule has 20 heavy (non-hydrogen) atoms. The minimum atomic E-state index is -0.879. The first-order valence-electron chi connectivity index (χ1n) is 7.04. The summed E-state index contributed by atoms with van der Waals surface area (Å²) in [6.45, 7) is 1.02. The molecule has 108 valence electrons. The normalized spacial score (nSPS) is 27.9. The van der Waals surface area contributed by atoms with Crippen molar-refractivity contribution in [2.45, 2.75) is 36.9 Å². The number of fused-ring (bicyclic) bond motifs is 1. The first-order valence-corrected chi connectivity index (χ1v) is 7.04. The Morgan fingerprint density at radius 2 is 2.05 bits per heavy atom. The number of nitrogens with two attached hydrogens (primary N) is 1. The molecule has 5 nitrogen and oxygen atoms in total. The van der Waals surface area contributed by atoms with Gasteiger partial charge in [-0.25, -0.2) is 0 Å². The van der Waals surface area contributed by atoms with Crippen molar-refractivity contribution in [3.05, 3.63) is 35.4 Å². The number of benzene rings is 1. The van der Waals surface area contributed by atoms with E-state index in [9.17, 15) is 9.90 Å². The molecule has 1 aliphatic carbocycles. The van der Waals surface area contributed by atoms with Gasteiger partial charge in [-0.05, 0) is 24.0 Å². The summed E-state index contributed by atoms with van der Waals surface area (Å²) in [7, 11) is 0. The largest absolute Gasteiger partial charge is 0.390 e. The fraction of sp³-hybridized carbons (Fsp3) is 0.533. The Hall–Kier alpha value is -1.43. The molecule has 1 fully saturated rings. The van der Waals surface area contributed by atoms with E-state index in [0.29, 0.717) is 32.5 Å². The highest BCUT2D eigenvalue weighted by atomic mass is 16.5. The van der Waals surface area contributed by atoms with Crippen LogP contribution in [-0.2, 0) is 16.0 Å². The molecule has 1 aromatic rings. The van der Waals surface area contributed by atoms with Gasteiger partial charge in [-0.2, -0.15) is 0 Å². The lowest BCUT2D eigenvalue weighted by Crippen LogP contribution is -2.58. The fourth-order valence-corrected chi connectivity index (χ4v) is 3.00. The molecule has 2 atom stereocenters. The summed E-state index contributed by atoms with van der Waals surface area (Å²) < 4.78 is 5.25. The van der Waals surface area contributed by atoms with Gasteiger partial charge in [-0.1, -0.05) is 24.3 Å². The highest BCUT2D eigenvalue weighted by Gasteiger charge is 2.40. The second kappa shape index (κ2) is 5.16. The Morgan fingerprint density at radius 1 is 1.35 bits per heavy atom. The SMILES string of the molecule is NC1(C(=O)N[C@@H]2c3ccccc3C[C@@H]2O)CCOCC1. The van der Waals surface area contributed by atoms with E-state index in [2.05, 4.69) is 5.32 Å². The van der Waals surface area contributed by atoms with Crippen molar-refractivity contribution < 1.29 is 14.6 Å². The zero-order valence-corrected chi connectivity index (χ0v) is 11.3. The van der Waals surface area contributed by atoms with Gasteiger partial charge in [0.15, 0.2) is 0 Å². The standard InChI is InChI=1S/C15H20N2O3/c16-15(5-7-20-8-6-15)14(19)17-13-11-4-2-1-3-10(11)9-12(13)18/h1-4,12-13,18H,5-9,16H2,(H,17,19)/t12-,13+/m0/s1. The minimum absolute atomic E-state index is 0.193. The van der Waals surface area contributed by atoms with Gasteiger partial charge in [0.2, 0.25) is 5.91 Å². The molecule has 1 amide bonds. The average Bonchev–Trinajstić information content (AvgIpc) is 2.76. The third kappa shape index (κ3) is 2.32. The molecule has 2 aliphatic rings. The van der Waals surface area contributed by atoms with Crippen LogP contribution in [-0.4, -0.2) is 35.9 Å². The van der Waals surface area contributed by atoms with Crippen LogP contribution in [0, 0.1) is 0 Å². The number of ether oxygens (including phenoxy) is 1. The van der Waals surface area contributed by atoms with Gasteiger partial charge in [0.1, 0.15) is 0 Å². The number of nitrogens with one attached hydrogen (secondary N) is 1. The second-order valence-corrected chi connectivity index (χ2v) is 5.69. The van der Waals surface area contributed by atoms with Crippen LogP contribution in [0.3, 0.4) is 0 Å². The molecule has 0 aromatic heterocycles. The minimum Gasteiger partial charge on any atom is -0.390 e. The number of carbonyl (C=O) groups excluding carboxylic acids is 1. The zero-order chi connectivity index (χ0) is 14.2. The Morgan fingerprint density at radius 3 is 2.80 bits per heavy atom. The summed E-state index contributed by atoms with van der Waals surface area (Å²) in [5.41, 5.74) is 7.37. The molecule has 0 spiro atoms. The number of hydrogen-bond acceptors (Lipinski definition) is 4. The molecule has 1 saturated heterocycles. The molecule has 5 heteroatoms. The maximum atomic E-state index is 12.4. The predicted octanol–water partition coefficient (Wildman–Crippen LogP) is 0.269. The lowest BCUT2D eigenvalue weighted by Gasteiger charge is -2.33. The summed E-state index contributed by atoms with van der Waals surface area (Å²) >= 11 is 0. The van der Waals surface area contributed by atoms with Gasteiger partial charge in [0.25, 0.3) is 0 Å². The highest BCUT2D eigenvalue weighted by molar-refractivity contribution is 5.86. The number of carbonyl (C=O) groups is 1. The number of amides is 1. The van der Waals surface area contributed by atoms with Crippen molar-refractivity contribution in [2.24, 2.45) is 5.73 Å². The van der Waals surface area contributed by atoms with E-state index in [0.717, 1.165) is 11.1 Å². The molecular weight excluding hydrogens is 256 g/mol. The van der Waals surface area contributed by atoms with E-state index in [4.69, 9.17) is 10.5 Å². The monoisotopic (exact) mass is 276 g/mol. The van der Waals surface area contributed by atoms with Gasteiger partial charge in [0, 0.05) is 19.6 Å². The third-order valence-corrected chi connectivity index (χ3v) is 4.33. The topological polar surface area (TPSA) is 84.6 Å². The maximum absolute atomic E-state index is 12.4. The van der Waals surface area contributed by atoms with E-state index in [1.807, 2.05) is 24.3 Å². The zero-order valence-electron chi connectivity index (χ0n) is 11.3. The predicted molar refractivity (Wildman–Crippen MR) is 74.0 cm³/mol. The summed E-state index contributed by atoms with van der Waals surface area (Å²) in [6, 6.07) is 7.43. The van der Waals surface area contributed by atoms with E-state index in [1.165, 1.54) is 0 Å². The molecule has 0 saturated carbocycles. The summed E-state index contributed by atoms with van der Waals surface area (Å²) in [6.07, 6.45) is 1.02. The van der Waals surface area contributed by atoms with E-state index >= 15 is 0 Å². The fourth-order valence-electron chi connectivity index (χ4n) is 3.00. The summed E-state index contributed by atoms with van der Waals surface area (Å²) in [5, 5.41) is 13.1. The molecule has 4 N–H and O–H groups in total. The molecule has 3 rings (SSSR count). The number of hydrogen-bond donors (Lipinski definition) is 3. The van der Waals surface area contributed by atoms with Crippen LogP contribution in [0.5, 0.6) is 0 Å². The van der Waals surface area contributed by atoms with Crippen molar-refractivity contribution in [3.8, 4) is 0 Å². The van der Waals surface area contributed by atoms with Crippen LogP contribution < -0.4 is 11.1 Å². The molecular formula is C15H20N2O3. The van der Waals surface area contributed by atoms with Crippen molar-refractivity contribution in [1.82, 2.24) is 5.32 Å². The molecule has 0 unspecified atom stereocenters. The van der Waals surface area contributed by atoms with E-state index < -0.39 is 11.6 Å². The van der Waals surface area contributed by atoms with Gasteiger partial charge in [-0.3, -0.25) is 4.79 Å². The molecule has 1 heterocycles. The summed E-state index contributed by atoms with van der Waals surface area (Å²) in [4.78, 5) is 12.4. The number of rotatable bonds is 2. The smallest absolute Gasteiger partial charge is 0.240 e. The van der Waals surface area contributed by atoms with Crippen LogP contribution >= 0.6 is 0 Å². The third-order valence-electron chi connectivity index (χ3n) is 4.33. The molecule has 1 aromatic carbocycles. The molecule has 0 radical (unpaired) electrons. The Balaban J connectivity index is 1.76. The summed E-state index contributed by atoms with van der Waals surface area (Å²) in [5.74, 6) is -0.193. The lowest BCUT2D eigenvalue weighted by atomic mass is 9.89. The quantitative estimate of drug-likeness (QED) is 0.724. The van der Waals surface area contributed by atoms with Gasteiger partial charge in [0.05, 0.1) is 17.7 Å². The molecule has 1 aliphatic heterocycles. The van der Waals surface area contributed by atoms with Crippen molar-refractivity contribution >= 4 is 5.91 Å². The Labute approximate surface area is 118 Å². The van der Waals surface area contributed by atoms with Gasteiger partial charge >= 0.3 is 0 Å². The highest BCUT2D eigenvalue weighted by Crippen LogP contribution is 2.32. The van der Waals surface area contributed by atoms with Gasteiger partial charge in [-0.15, -0.1) is 0 Å². The average molecular weight is 276 g/mol. The van der Waals surface area contributed by atoms with Crippen molar-refractivity contribution in [2.75, 3.05) is 13.2 Å². The number of aliphatic hydroxyl groups excluding tert-OH is 1. The van der Waals surface area contributed by atoms with Crippen LogP contribution in [0.25, 0.3) is 0 Å². The molecule has 0 bridgehead atoms.